The van der Waals surface area contributed by atoms with E-state index in [2.05, 4.69) is 20.4 Å². The first kappa shape index (κ1) is 26.7. The normalized spacial score (nSPS) is 42.5. The van der Waals surface area contributed by atoms with E-state index in [1.165, 1.54) is 44.1 Å². The predicted octanol–water partition coefficient (Wildman–Crippen LogP) is 5.67. The highest BCUT2D eigenvalue weighted by atomic mass is 32.2. The zero-order chi connectivity index (χ0) is 25.8. The topological polar surface area (TPSA) is 65.1 Å². The van der Waals surface area contributed by atoms with Crippen LogP contribution in [0.25, 0.3) is 0 Å². The van der Waals surface area contributed by atoms with Crippen molar-refractivity contribution in [3.05, 3.63) is 12.2 Å². The number of allylic oxidation sites excluding steroid dienone is 1. The quantitative estimate of drug-likeness (QED) is 0.393. The number of hydrogen-bond acceptors (Lipinski definition) is 5. The minimum absolute atomic E-state index is 0.0124. The van der Waals surface area contributed by atoms with Crippen LogP contribution < -0.4 is 0 Å². The van der Waals surface area contributed by atoms with E-state index in [4.69, 9.17) is 14.2 Å². The molecule has 0 radical (unpaired) electrons. The summed E-state index contributed by atoms with van der Waals surface area (Å²) in [5.74, 6) is 1.64. The molecule has 37 heavy (non-hydrogen) atoms. The van der Waals surface area contributed by atoms with Crippen LogP contribution in [0.15, 0.2) is 12.2 Å². The van der Waals surface area contributed by atoms with Gasteiger partial charge in [0.05, 0.1) is 24.1 Å². The van der Waals surface area contributed by atoms with Crippen LogP contribution in [0.4, 0.5) is 0 Å². The summed E-state index contributed by atoms with van der Waals surface area (Å²) in [5, 5.41) is -0.110. The Labute approximate surface area is 224 Å². The molecule has 7 heteroatoms. The molecule has 2 aliphatic heterocycles. The summed E-state index contributed by atoms with van der Waals surface area (Å²) in [6.45, 7) is 12.3. The maximum atomic E-state index is 12.5. The van der Waals surface area contributed by atoms with E-state index in [0.717, 1.165) is 58.2 Å². The van der Waals surface area contributed by atoms with Gasteiger partial charge in [-0.2, -0.15) is 0 Å². The second-order valence-corrected chi connectivity index (χ2v) is 15.9. The Bertz CT molecular complexity index is 951. The van der Waals surface area contributed by atoms with E-state index in [1.54, 1.807) is 4.31 Å². The van der Waals surface area contributed by atoms with Crippen LogP contribution in [0.5, 0.6) is 0 Å². The molecule has 6 aliphatic rings. The van der Waals surface area contributed by atoms with Crippen LogP contribution in [0, 0.1) is 28.6 Å². The molecule has 0 amide bonds. The van der Waals surface area contributed by atoms with Crippen LogP contribution in [-0.4, -0.2) is 62.8 Å². The van der Waals surface area contributed by atoms with E-state index in [1.807, 2.05) is 0 Å². The van der Waals surface area contributed by atoms with Crippen LogP contribution in [0.1, 0.15) is 97.3 Å². The van der Waals surface area contributed by atoms with Gasteiger partial charge in [0.1, 0.15) is 0 Å². The lowest BCUT2D eigenvalue weighted by Crippen LogP contribution is -2.62. The first-order valence-corrected chi connectivity index (χ1v) is 16.8. The van der Waals surface area contributed by atoms with Crippen molar-refractivity contribution in [1.29, 1.82) is 0 Å². The van der Waals surface area contributed by atoms with Gasteiger partial charge in [-0.1, -0.05) is 38.8 Å². The standard InChI is InChI=1S/C30H49NO5S/c1-21-8-11-26-29(2,16-12-27-30(26,3)20-35-28(36-27)22-6-4-5-7-22)25(21)15-19-34-23-13-17-31(18-14-23)37(32,33)24-9-10-24/h22-28H,1,4-20H2,2-3H3/t25-,26?,27?,28-,29+,30+/m1/s1. The fraction of sp³-hybridized carbons (Fsp3) is 0.933. The second-order valence-electron chi connectivity index (χ2n) is 13.7. The Morgan fingerprint density at radius 1 is 1.00 bits per heavy atom. The first-order valence-electron chi connectivity index (χ1n) is 15.3. The van der Waals surface area contributed by atoms with Crippen molar-refractivity contribution in [2.75, 3.05) is 26.3 Å². The number of rotatable bonds is 7. The fourth-order valence-electron chi connectivity index (χ4n) is 9.04. The van der Waals surface area contributed by atoms with E-state index in [-0.39, 0.29) is 28.5 Å². The van der Waals surface area contributed by atoms with Crippen LogP contribution in [-0.2, 0) is 24.2 Å². The van der Waals surface area contributed by atoms with Gasteiger partial charge < -0.3 is 14.2 Å². The van der Waals surface area contributed by atoms with Gasteiger partial charge in [0.25, 0.3) is 0 Å². The third kappa shape index (κ3) is 4.87. The first-order chi connectivity index (χ1) is 17.7. The van der Waals surface area contributed by atoms with E-state index in [0.29, 0.717) is 36.9 Å². The maximum Gasteiger partial charge on any atom is 0.216 e. The monoisotopic (exact) mass is 535 g/mol. The average Bonchev–Trinajstić information content (AvgIpc) is 3.61. The molecule has 0 aromatic heterocycles. The van der Waals surface area contributed by atoms with Gasteiger partial charge >= 0.3 is 0 Å². The van der Waals surface area contributed by atoms with Crippen molar-refractivity contribution in [3.8, 4) is 0 Å². The van der Waals surface area contributed by atoms with E-state index >= 15 is 0 Å². The number of piperidine rings is 1. The SMILES string of the molecule is C=C1CCC2[C@]3(C)CO[C@@H](C4CCCC4)OC3CC[C@@]2(C)[C@@H]1CCOC1CCN(S(=O)(=O)C2CC2)CC1. The predicted molar refractivity (Wildman–Crippen MR) is 144 cm³/mol. The highest BCUT2D eigenvalue weighted by Crippen LogP contribution is 2.63. The van der Waals surface area contributed by atoms with Crippen molar-refractivity contribution < 1.29 is 22.6 Å². The summed E-state index contributed by atoms with van der Waals surface area (Å²) in [6.07, 6.45) is 14.6. The lowest BCUT2D eigenvalue weighted by atomic mass is 9.46. The van der Waals surface area contributed by atoms with Gasteiger partial charge in [-0.3, -0.25) is 0 Å². The molecule has 210 valence electrons. The summed E-state index contributed by atoms with van der Waals surface area (Å²) >= 11 is 0. The maximum absolute atomic E-state index is 12.5. The summed E-state index contributed by atoms with van der Waals surface area (Å²) in [6, 6.07) is 0. The van der Waals surface area contributed by atoms with Crippen molar-refractivity contribution in [2.45, 2.75) is 121 Å². The molecular formula is C30H49NO5S. The third-order valence-electron chi connectivity index (χ3n) is 11.4. The Morgan fingerprint density at radius 3 is 2.43 bits per heavy atom. The molecule has 0 spiro atoms. The molecule has 6 nitrogen and oxygen atoms in total. The molecule has 0 N–H and O–H groups in total. The number of nitrogens with zero attached hydrogens (tertiary/aromatic N) is 1. The average molecular weight is 536 g/mol. The summed E-state index contributed by atoms with van der Waals surface area (Å²) in [5.41, 5.74) is 1.68. The number of sulfonamides is 1. The van der Waals surface area contributed by atoms with Gasteiger partial charge in [0, 0.05) is 31.0 Å². The summed E-state index contributed by atoms with van der Waals surface area (Å²) in [4.78, 5) is 0. The van der Waals surface area contributed by atoms with Gasteiger partial charge in [-0.15, -0.1) is 0 Å². The summed E-state index contributed by atoms with van der Waals surface area (Å²) < 4.78 is 46.4. The number of ether oxygens (including phenoxy) is 3. The highest BCUT2D eigenvalue weighted by molar-refractivity contribution is 7.90. The Hall–Kier alpha value is -0.470. The third-order valence-corrected chi connectivity index (χ3v) is 13.8. The van der Waals surface area contributed by atoms with E-state index < -0.39 is 10.0 Å². The van der Waals surface area contributed by atoms with Crippen molar-refractivity contribution in [2.24, 2.45) is 28.6 Å². The largest absolute Gasteiger partial charge is 0.378 e. The molecular weight excluding hydrogens is 486 g/mol. The number of fused-ring (bicyclic) bond motifs is 3. The van der Waals surface area contributed by atoms with Crippen molar-refractivity contribution in [1.82, 2.24) is 4.31 Å². The minimum atomic E-state index is -3.06. The lowest BCUT2D eigenvalue weighted by Gasteiger charge is -2.63. The number of hydrogen-bond donors (Lipinski definition) is 0. The second kappa shape index (κ2) is 10.2. The highest BCUT2D eigenvalue weighted by Gasteiger charge is 2.60. The Kier molecular flexibility index (Phi) is 7.35. The van der Waals surface area contributed by atoms with E-state index in [9.17, 15) is 8.42 Å². The van der Waals surface area contributed by atoms with Gasteiger partial charge in [-0.05, 0) is 87.9 Å². The van der Waals surface area contributed by atoms with Crippen molar-refractivity contribution in [3.63, 3.8) is 0 Å². The Morgan fingerprint density at radius 2 is 1.73 bits per heavy atom. The van der Waals surface area contributed by atoms with Crippen LogP contribution >= 0.6 is 0 Å². The molecule has 4 saturated carbocycles. The zero-order valence-corrected chi connectivity index (χ0v) is 24.0. The van der Waals surface area contributed by atoms with Crippen LogP contribution in [0.3, 0.4) is 0 Å². The molecule has 6 fully saturated rings. The molecule has 6 atom stereocenters. The Balaban J connectivity index is 1.05. The molecule has 4 aliphatic carbocycles. The smallest absolute Gasteiger partial charge is 0.216 e. The van der Waals surface area contributed by atoms with Gasteiger partial charge in [0.15, 0.2) is 6.29 Å². The molecule has 0 aromatic rings. The fourth-order valence-corrected chi connectivity index (χ4v) is 10.9. The summed E-state index contributed by atoms with van der Waals surface area (Å²) in [7, 11) is -3.06. The molecule has 6 rings (SSSR count). The van der Waals surface area contributed by atoms with Crippen LogP contribution in [0.2, 0.25) is 0 Å². The van der Waals surface area contributed by atoms with Gasteiger partial charge in [0.2, 0.25) is 10.0 Å². The molecule has 0 aromatic carbocycles. The molecule has 0 bridgehead atoms. The zero-order valence-electron chi connectivity index (χ0n) is 23.2. The van der Waals surface area contributed by atoms with Gasteiger partial charge in [-0.25, -0.2) is 12.7 Å². The minimum Gasteiger partial charge on any atom is -0.378 e. The molecule has 2 saturated heterocycles. The van der Waals surface area contributed by atoms with Crippen molar-refractivity contribution >= 4 is 10.0 Å². The lowest BCUT2D eigenvalue weighted by molar-refractivity contribution is -0.316. The molecule has 2 unspecified atom stereocenters. The molecule has 2 heterocycles.